The van der Waals surface area contributed by atoms with Gasteiger partial charge in [-0.3, -0.25) is 0 Å². The van der Waals surface area contributed by atoms with E-state index >= 15 is 0 Å². The highest BCUT2D eigenvalue weighted by molar-refractivity contribution is 6.57. The van der Waals surface area contributed by atoms with Gasteiger partial charge in [-0.25, -0.2) is 4.98 Å². The van der Waals surface area contributed by atoms with Crippen LogP contribution >= 0.6 is 116 Å². The average Bonchev–Trinajstić information content (AvgIpc) is 2.74. The standard InChI is InChI=1S/C18H5Cl10NO/c1-30-18-5(7-10(21)14(25)17(28)15(26)11(7)22)2-4(3-29-18)6-8(19)12(23)16(27)13(24)9(6)20/h2-3H,1H3. The molecule has 0 N–H and O–H groups in total. The van der Waals surface area contributed by atoms with Crippen LogP contribution in [0.15, 0.2) is 12.3 Å². The van der Waals surface area contributed by atoms with Crippen molar-refractivity contribution in [3.63, 3.8) is 0 Å². The number of aromatic nitrogens is 1. The zero-order valence-electron chi connectivity index (χ0n) is 14.3. The largest absolute Gasteiger partial charge is 0.481 e. The summed E-state index contributed by atoms with van der Waals surface area (Å²) in [5, 5.41) is 0.422. The summed E-state index contributed by atoms with van der Waals surface area (Å²) in [7, 11) is 1.42. The summed E-state index contributed by atoms with van der Waals surface area (Å²) in [6.07, 6.45) is 1.46. The Hall–Kier alpha value is 0.290. The lowest BCUT2D eigenvalue weighted by molar-refractivity contribution is 0.400. The summed E-state index contributed by atoms with van der Waals surface area (Å²) in [6.45, 7) is 0. The molecule has 0 saturated heterocycles. The van der Waals surface area contributed by atoms with E-state index < -0.39 is 0 Å². The van der Waals surface area contributed by atoms with Gasteiger partial charge in [0.05, 0.1) is 57.3 Å². The molecule has 3 rings (SSSR count). The van der Waals surface area contributed by atoms with E-state index in [1.165, 1.54) is 13.3 Å². The summed E-state index contributed by atoms with van der Waals surface area (Å²) in [5.74, 6) is 0.176. The van der Waals surface area contributed by atoms with E-state index in [1.54, 1.807) is 6.07 Å². The molecule has 0 aliphatic carbocycles. The van der Waals surface area contributed by atoms with Gasteiger partial charge >= 0.3 is 0 Å². The van der Waals surface area contributed by atoms with Gasteiger partial charge in [0, 0.05) is 28.5 Å². The maximum atomic E-state index is 6.42. The number of nitrogens with zero attached hydrogens (tertiary/aromatic N) is 1. The highest BCUT2D eigenvalue weighted by Gasteiger charge is 2.26. The molecule has 0 atom stereocenters. The minimum Gasteiger partial charge on any atom is -0.481 e. The Morgan fingerprint density at radius 1 is 0.567 bits per heavy atom. The third-order valence-electron chi connectivity index (χ3n) is 4.02. The molecule has 0 bridgehead atoms. The van der Waals surface area contributed by atoms with E-state index in [2.05, 4.69) is 4.98 Å². The first kappa shape index (κ1) is 24.9. The van der Waals surface area contributed by atoms with Crippen LogP contribution in [-0.4, -0.2) is 12.1 Å². The van der Waals surface area contributed by atoms with Gasteiger partial charge in [-0.2, -0.15) is 0 Å². The van der Waals surface area contributed by atoms with Gasteiger partial charge in [0.1, 0.15) is 0 Å². The molecule has 0 spiro atoms. The minimum atomic E-state index is 0.0162. The zero-order valence-corrected chi connectivity index (χ0v) is 21.8. The molecule has 1 aromatic heterocycles. The first-order valence-corrected chi connectivity index (χ1v) is 11.4. The SMILES string of the molecule is COc1ncc(-c2c(Cl)c(Cl)c(Cl)c(Cl)c2Cl)cc1-c1c(Cl)c(Cl)c(Cl)c(Cl)c1Cl. The average molecular weight is 606 g/mol. The molecule has 2 aromatic carbocycles. The van der Waals surface area contributed by atoms with Crippen molar-refractivity contribution in [3.05, 3.63) is 62.5 Å². The van der Waals surface area contributed by atoms with Crippen LogP contribution in [0.2, 0.25) is 50.2 Å². The van der Waals surface area contributed by atoms with Crippen LogP contribution in [0.1, 0.15) is 0 Å². The highest BCUT2D eigenvalue weighted by atomic mass is 35.5. The van der Waals surface area contributed by atoms with Gasteiger partial charge in [0.2, 0.25) is 5.88 Å². The number of ether oxygens (including phenoxy) is 1. The van der Waals surface area contributed by atoms with Crippen LogP contribution in [-0.2, 0) is 0 Å². The minimum absolute atomic E-state index is 0.0162. The molecular weight excluding hydrogens is 601 g/mol. The first-order valence-electron chi connectivity index (χ1n) is 7.60. The van der Waals surface area contributed by atoms with Crippen molar-refractivity contribution in [2.75, 3.05) is 7.11 Å². The summed E-state index contributed by atoms with van der Waals surface area (Å²) in [5.41, 5.74) is 1.32. The maximum Gasteiger partial charge on any atom is 0.221 e. The number of benzene rings is 2. The Morgan fingerprint density at radius 2 is 0.933 bits per heavy atom. The van der Waals surface area contributed by atoms with E-state index in [0.29, 0.717) is 16.7 Å². The van der Waals surface area contributed by atoms with Gasteiger partial charge in [0.15, 0.2) is 0 Å². The number of pyridine rings is 1. The molecular formula is C18H5Cl10NO. The second-order valence-corrected chi connectivity index (χ2v) is 9.45. The fraction of sp³-hybridized carbons (Fsp3) is 0.0556. The van der Waals surface area contributed by atoms with Gasteiger partial charge in [-0.05, 0) is 6.07 Å². The summed E-state index contributed by atoms with van der Waals surface area (Å²) in [4.78, 5) is 4.28. The van der Waals surface area contributed by atoms with Crippen LogP contribution in [0.4, 0.5) is 0 Å². The maximum absolute atomic E-state index is 6.42. The quantitative estimate of drug-likeness (QED) is 0.219. The molecule has 1 heterocycles. The number of methoxy groups -OCH3 is 1. The first-order chi connectivity index (χ1) is 14.0. The van der Waals surface area contributed by atoms with Gasteiger partial charge in [-0.15, -0.1) is 0 Å². The fourth-order valence-electron chi connectivity index (χ4n) is 2.63. The van der Waals surface area contributed by atoms with Crippen LogP contribution in [0.25, 0.3) is 22.3 Å². The molecule has 0 unspecified atom stereocenters. The number of rotatable bonds is 3. The van der Waals surface area contributed by atoms with Gasteiger partial charge in [0.25, 0.3) is 0 Å². The Bertz CT molecular complexity index is 1140. The summed E-state index contributed by atoms with van der Waals surface area (Å²) >= 11 is 62.6. The molecule has 0 aliphatic rings. The fourth-order valence-corrected chi connectivity index (χ4v) is 5.33. The molecule has 30 heavy (non-hydrogen) atoms. The molecule has 0 radical (unpaired) electrons. The Balaban J connectivity index is 2.40. The van der Waals surface area contributed by atoms with Crippen molar-refractivity contribution in [2.24, 2.45) is 0 Å². The molecule has 3 aromatic rings. The predicted molar refractivity (Wildman–Crippen MR) is 132 cm³/mol. The van der Waals surface area contributed by atoms with Crippen molar-refractivity contribution < 1.29 is 4.74 Å². The molecule has 158 valence electrons. The van der Waals surface area contributed by atoms with Crippen LogP contribution in [0.5, 0.6) is 5.88 Å². The predicted octanol–water partition coefficient (Wildman–Crippen LogP) is 11.0. The number of hydrogen-bond donors (Lipinski definition) is 0. The van der Waals surface area contributed by atoms with Crippen molar-refractivity contribution in [1.29, 1.82) is 0 Å². The summed E-state index contributed by atoms with van der Waals surface area (Å²) in [6, 6.07) is 1.62. The lowest BCUT2D eigenvalue weighted by atomic mass is 10.0. The van der Waals surface area contributed by atoms with E-state index in [0.717, 1.165) is 0 Å². The van der Waals surface area contributed by atoms with Crippen molar-refractivity contribution in [2.45, 2.75) is 0 Å². The second kappa shape index (κ2) is 9.65. The highest BCUT2D eigenvalue weighted by Crippen LogP contribution is 2.52. The molecule has 0 saturated carbocycles. The number of hydrogen-bond acceptors (Lipinski definition) is 2. The Morgan fingerprint density at radius 3 is 1.33 bits per heavy atom. The number of halogens is 10. The van der Waals surface area contributed by atoms with Crippen molar-refractivity contribution in [3.8, 4) is 28.1 Å². The Kier molecular flexibility index (Phi) is 8.02. The van der Waals surface area contributed by atoms with Gasteiger partial charge in [-0.1, -0.05) is 116 Å². The van der Waals surface area contributed by atoms with Crippen molar-refractivity contribution >= 4 is 116 Å². The van der Waals surface area contributed by atoms with Crippen LogP contribution in [0.3, 0.4) is 0 Å². The van der Waals surface area contributed by atoms with E-state index in [1.807, 2.05) is 0 Å². The lowest BCUT2D eigenvalue weighted by Crippen LogP contribution is -1.96. The third-order valence-corrected chi connectivity index (χ3v) is 8.58. The van der Waals surface area contributed by atoms with Crippen LogP contribution < -0.4 is 4.74 Å². The van der Waals surface area contributed by atoms with Gasteiger partial charge < -0.3 is 4.74 Å². The smallest absolute Gasteiger partial charge is 0.221 e. The topological polar surface area (TPSA) is 22.1 Å². The normalized spacial score (nSPS) is 11.2. The second-order valence-electron chi connectivity index (χ2n) is 5.67. The molecule has 12 heteroatoms. The van der Waals surface area contributed by atoms with Crippen LogP contribution in [0, 0.1) is 0 Å². The van der Waals surface area contributed by atoms with E-state index in [9.17, 15) is 0 Å². The molecule has 0 fully saturated rings. The third kappa shape index (κ3) is 4.15. The Labute approximate surface area is 221 Å². The monoisotopic (exact) mass is 601 g/mol. The molecule has 2 nitrogen and oxygen atoms in total. The zero-order chi connectivity index (χ0) is 22.5. The molecule has 0 aliphatic heterocycles. The lowest BCUT2D eigenvalue weighted by Gasteiger charge is -2.17. The summed E-state index contributed by atoms with van der Waals surface area (Å²) < 4.78 is 5.35. The van der Waals surface area contributed by atoms with Crippen molar-refractivity contribution in [1.82, 2.24) is 4.98 Å². The van der Waals surface area contributed by atoms with E-state index in [4.69, 9.17) is 121 Å². The van der Waals surface area contributed by atoms with E-state index in [-0.39, 0.29) is 61.7 Å². The molecule has 0 amide bonds.